The summed E-state index contributed by atoms with van der Waals surface area (Å²) in [6.45, 7) is 0.205. The lowest BCUT2D eigenvalue weighted by Gasteiger charge is -2.12. The van der Waals surface area contributed by atoms with Gasteiger partial charge < -0.3 is 16.4 Å². The third-order valence-corrected chi connectivity index (χ3v) is 4.96. The number of benzene rings is 1. The molecule has 0 atom stereocenters. The normalized spacial score (nSPS) is 12.0. The molecule has 0 saturated carbocycles. The molecule has 172 valence electrons. The van der Waals surface area contributed by atoms with E-state index in [9.17, 15) is 21.4 Å². The van der Waals surface area contributed by atoms with Crippen LogP contribution >= 0.6 is 12.0 Å². The number of nitrogens with zero attached hydrogens (tertiary/aromatic N) is 3. The maximum Gasteiger partial charge on any atom is 0.294 e. The monoisotopic (exact) mass is 499 g/mol. The van der Waals surface area contributed by atoms with Gasteiger partial charge in [0.05, 0.1) is 33.8 Å². The molecule has 7 N–H and O–H groups in total. The summed E-state index contributed by atoms with van der Waals surface area (Å²) in [7, 11) is -8.17. The van der Waals surface area contributed by atoms with Gasteiger partial charge in [0.15, 0.2) is 0 Å². The molecule has 1 aromatic carbocycles. The van der Waals surface area contributed by atoms with Crippen molar-refractivity contribution in [2.75, 3.05) is 35.7 Å². The topological polar surface area (TPSA) is 237 Å². The minimum Gasteiger partial charge on any atom is -0.368 e. The first-order valence-corrected chi connectivity index (χ1v) is 11.9. The Morgan fingerprint density at radius 2 is 1.84 bits per heavy atom. The number of nitrogens with two attached hydrogens (primary N) is 1. The molecule has 0 spiro atoms. The summed E-state index contributed by atoms with van der Waals surface area (Å²) >= 11 is 0.515. The first-order chi connectivity index (χ1) is 14.5. The highest BCUT2D eigenvalue weighted by atomic mass is 32.2. The molecule has 0 aliphatic carbocycles. The zero-order chi connectivity index (χ0) is 23.1. The molecule has 16 nitrogen and oxygen atoms in total. The van der Waals surface area contributed by atoms with E-state index in [-0.39, 0.29) is 41.5 Å². The van der Waals surface area contributed by atoms with E-state index in [0.29, 0.717) is 12.0 Å². The molecule has 0 bridgehead atoms. The maximum atomic E-state index is 11.4. The summed E-state index contributed by atoms with van der Waals surface area (Å²) in [6.07, 6.45) is 0.874. The Balaban J connectivity index is 2.17. The molecular weight excluding hydrogens is 482 g/mol. The van der Waals surface area contributed by atoms with Crippen molar-refractivity contribution >= 4 is 55.8 Å². The first-order valence-electron chi connectivity index (χ1n) is 7.88. The van der Waals surface area contributed by atoms with Crippen molar-refractivity contribution in [2.24, 2.45) is 0 Å². The van der Waals surface area contributed by atoms with E-state index in [1.54, 1.807) is 0 Å². The Labute approximate surface area is 180 Å². The third-order valence-electron chi connectivity index (χ3n) is 3.02. The van der Waals surface area contributed by atoms with Gasteiger partial charge in [0, 0.05) is 13.1 Å². The number of nitrogens with one attached hydrogen (secondary N) is 3. The SMILES string of the molecule is CS(=O)(=O)ONCCNc1nc(N)nc(Nc2cc(S(=O)(=O)O)ccc2SOOO)n1. The van der Waals surface area contributed by atoms with Crippen molar-refractivity contribution < 1.29 is 40.3 Å². The van der Waals surface area contributed by atoms with E-state index in [2.05, 4.69) is 44.7 Å². The van der Waals surface area contributed by atoms with Crippen molar-refractivity contribution in [3.05, 3.63) is 18.2 Å². The van der Waals surface area contributed by atoms with Crippen LogP contribution in [-0.2, 0) is 33.9 Å². The minimum absolute atomic E-state index is 0.00577. The lowest BCUT2D eigenvalue weighted by molar-refractivity contribution is -0.432. The second-order valence-corrected chi connectivity index (χ2v) is 9.17. The van der Waals surface area contributed by atoms with Gasteiger partial charge in [0.1, 0.15) is 0 Å². The second kappa shape index (κ2) is 10.8. The van der Waals surface area contributed by atoms with Gasteiger partial charge in [-0.2, -0.15) is 41.6 Å². The molecule has 0 unspecified atom stereocenters. The molecule has 0 aliphatic heterocycles. The number of nitrogen functional groups attached to an aromatic ring is 1. The van der Waals surface area contributed by atoms with E-state index in [4.69, 9.17) is 11.0 Å². The van der Waals surface area contributed by atoms with E-state index in [1.165, 1.54) is 6.07 Å². The van der Waals surface area contributed by atoms with Gasteiger partial charge in [-0.3, -0.25) is 4.55 Å². The molecule has 2 rings (SSSR count). The molecule has 1 aromatic heterocycles. The molecule has 0 fully saturated rings. The smallest absolute Gasteiger partial charge is 0.294 e. The summed E-state index contributed by atoms with van der Waals surface area (Å²) in [5, 5.41) is 17.3. The summed E-state index contributed by atoms with van der Waals surface area (Å²) in [4.78, 5) is 11.5. The third kappa shape index (κ3) is 8.72. The van der Waals surface area contributed by atoms with Crippen LogP contribution in [0.4, 0.5) is 23.5 Å². The van der Waals surface area contributed by atoms with Crippen LogP contribution in [0.1, 0.15) is 0 Å². The van der Waals surface area contributed by atoms with E-state index < -0.39 is 25.1 Å². The Kier molecular flexibility index (Phi) is 8.67. The van der Waals surface area contributed by atoms with Crippen molar-refractivity contribution in [1.29, 1.82) is 0 Å². The quantitative estimate of drug-likeness (QED) is 0.0726. The predicted molar refractivity (Wildman–Crippen MR) is 107 cm³/mol. The minimum atomic E-state index is -4.52. The fourth-order valence-electron chi connectivity index (χ4n) is 1.91. The van der Waals surface area contributed by atoms with E-state index in [0.717, 1.165) is 18.4 Å². The van der Waals surface area contributed by atoms with Gasteiger partial charge in [0.25, 0.3) is 20.2 Å². The standard InChI is InChI=1S/C12H17N7O9S3/c1-30(21,22)26-15-5-4-14-11-17-10(13)18-12(19-11)16-8-6-7(31(23,24)25)2-3-9(8)29-28-27-20/h2-3,6,15,20H,4-5H2,1H3,(H,23,24,25)(H4,13,14,16,17,18,19). The van der Waals surface area contributed by atoms with Crippen LogP contribution in [0.15, 0.2) is 28.0 Å². The van der Waals surface area contributed by atoms with E-state index >= 15 is 0 Å². The summed E-state index contributed by atoms with van der Waals surface area (Å²) in [5.41, 5.74) is 7.90. The molecule has 1 heterocycles. The largest absolute Gasteiger partial charge is 0.368 e. The predicted octanol–water partition coefficient (Wildman–Crippen LogP) is -0.235. The van der Waals surface area contributed by atoms with Crippen LogP contribution in [0, 0.1) is 0 Å². The Hall–Kier alpha value is -2.36. The van der Waals surface area contributed by atoms with E-state index in [1.807, 2.05) is 0 Å². The molecule has 0 aliphatic rings. The Morgan fingerprint density at radius 3 is 2.48 bits per heavy atom. The average Bonchev–Trinajstić information content (AvgIpc) is 2.64. The van der Waals surface area contributed by atoms with Crippen molar-refractivity contribution in [3.8, 4) is 0 Å². The van der Waals surface area contributed by atoms with Gasteiger partial charge in [-0.05, 0) is 18.2 Å². The van der Waals surface area contributed by atoms with Crippen molar-refractivity contribution in [2.45, 2.75) is 9.79 Å². The summed E-state index contributed by atoms with van der Waals surface area (Å²) < 4.78 is 62.5. The zero-order valence-corrected chi connectivity index (χ0v) is 18.0. The highest BCUT2D eigenvalue weighted by molar-refractivity contribution is 7.94. The van der Waals surface area contributed by atoms with Crippen molar-refractivity contribution in [3.63, 3.8) is 0 Å². The second-order valence-electron chi connectivity index (χ2n) is 5.43. The fourth-order valence-corrected chi connectivity index (χ4v) is 3.14. The van der Waals surface area contributed by atoms with Gasteiger partial charge in [-0.25, -0.2) is 5.26 Å². The van der Waals surface area contributed by atoms with Gasteiger partial charge in [0.2, 0.25) is 17.8 Å². The highest BCUT2D eigenvalue weighted by Gasteiger charge is 2.16. The average molecular weight is 500 g/mol. The number of hydrogen-bond donors (Lipinski definition) is 6. The number of aromatic nitrogens is 3. The molecule has 0 amide bonds. The Morgan fingerprint density at radius 1 is 1.13 bits per heavy atom. The van der Waals surface area contributed by atoms with Gasteiger partial charge >= 0.3 is 0 Å². The summed E-state index contributed by atoms with van der Waals surface area (Å²) in [5.74, 6) is -0.309. The first kappa shape index (κ1) is 24.9. The lowest BCUT2D eigenvalue weighted by Crippen LogP contribution is -2.25. The molecular formula is C12H17N7O9S3. The molecule has 31 heavy (non-hydrogen) atoms. The maximum absolute atomic E-state index is 11.4. The molecule has 0 saturated heterocycles. The number of hydroxylamine groups is 1. The summed E-state index contributed by atoms with van der Waals surface area (Å²) in [6, 6.07) is 3.40. The molecule has 19 heteroatoms. The van der Waals surface area contributed by atoms with Crippen LogP contribution in [0.2, 0.25) is 0 Å². The zero-order valence-electron chi connectivity index (χ0n) is 15.5. The van der Waals surface area contributed by atoms with Gasteiger partial charge in [-0.15, -0.1) is 4.33 Å². The Bertz CT molecular complexity index is 1110. The number of rotatable bonds is 12. The number of anilines is 4. The van der Waals surface area contributed by atoms with Crippen LogP contribution in [0.3, 0.4) is 0 Å². The van der Waals surface area contributed by atoms with Crippen LogP contribution in [0.5, 0.6) is 0 Å². The highest BCUT2D eigenvalue weighted by Crippen LogP contribution is 2.32. The van der Waals surface area contributed by atoms with Crippen molar-refractivity contribution in [1.82, 2.24) is 20.4 Å². The lowest BCUT2D eigenvalue weighted by atomic mass is 10.3. The van der Waals surface area contributed by atoms with Gasteiger partial charge in [-0.1, -0.05) is 5.04 Å². The van der Waals surface area contributed by atoms with Crippen LogP contribution in [-0.4, -0.2) is 60.9 Å². The van der Waals surface area contributed by atoms with Crippen LogP contribution in [0.25, 0.3) is 0 Å². The number of hydrogen-bond acceptors (Lipinski definition) is 16. The van der Waals surface area contributed by atoms with Crippen LogP contribution < -0.4 is 21.8 Å². The fraction of sp³-hybridized carbons (Fsp3) is 0.250. The molecule has 0 radical (unpaired) electrons. The molecule has 2 aromatic rings.